The van der Waals surface area contributed by atoms with Crippen LogP contribution in [0.25, 0.3) is 0 Å². The normalized spacial score (nSPS) is 18.2. The Hall–Kier alpha value is -1.32. The molecular formula is C4H2NO3. The second-order valence-electron chi connectivity index (χ2n) is 1.23. The second kappa shape index (κ2) is 1.33. The zero-order chi connectivity index (χ0) is 6.15. The van der Waals surface area contributed by atoms with Crippen LogP contribution in [0, 0.1) is 6.58 Å². The third-order valence-electron chi connectivity index (χ3n) is 0.701. The van der Waals surface area contributed by atoms with Gasteiger partial charge in [0.25, 0.3) is 5.91 Å². The van der Waals surface area contributed by atoms with Crippen molar-refractivity contribution in [3.05, 3.63) is 12.2 Å². The van der Waals surface area contributed by atoms with E-state index in [4.69, 9.17) is 6.58 Å². The molecule has 1 amide bonds. The molecule has 0 spiro atoms. The first-order valence-electron chi connectivity index (χ1n) is 1.86. The van der Waals surface area contributed by atoms with Gasteiger partial charge in [-0.15, -0.1) is 0 Å². The van der Waals surface area contributed by atoms with Crippen molar-refractivity contribution in [2.45, 2.75) is 0 Å². The fourth-order valence-electron chi connectivity index (χ4n) is 0.295. The molecule has 0 aromatic heterocycles. The summed E-state index contributed by atoms with van der Waals surface area (Å²) in [6, 6.07) is 0. The average Bonchev–Trinajstić information content (AvgIpc) is 1.98. The minimum atomic E-state index is -0.810. The lowest BCUT2D eigenvalue weighted by Crippen LogP contribution is -2.12. The summed E-state index contributed by atoms with van der Waals surface area (Å²) in [4.78, 5) is 24.3. The average molecular weight is 112 g/mol. The van der Waals surface area contributed by atoms with Gasteiger partial charge in [0.15, 0.2) is 0 Å². The van der Waals surface area contributed by atoms with Crippen LogP contribution in [0.15, 0.2) is 5.57 Å². The van der Waals surface area contributed by atoms with Crippen LogP contribution in [0.4, 0.5) is 0 Å². The van der Waals surface area contributed by atoms with Gasteiger partial charge in [0.1, 0.15) is 5.57 Å². The molecule has 4 heteroatoms. The Kier molecular flexibility index (Phi) is 0.802. The molecule has 1 saturated heterocycles. The first kappa shape index (κ1) is 4.83. The summed E-state index contributed by atoms with van der Waals surface area (Å²) >= 11 is 0. The van der Waals surface area contributed by atoms with Crippen molar-refractivity contribution in [2.24, 2.45) is 0 Å². The lowest BCUT2D eigenvalue weighted by molar-refractivity contribution is -0.143. The van der Waals surface area contributed by atoms with Gasteiger partial charge in [-0.1, -0.05) is 0 Å². The maximum Gasteiger partial charge on any atom is 0.368 e. The molecule has 41 valence electrons. The number of hydroxylamine groups is 1. The van der Waals surface area contributed by atoms with Gasteiger partial charge >= 0.3 is 5.97 Å². The van der Waals surface area contributed by atoms with Crippen molar-refractivity contribution in [3.63, 3.8) is 0 Å². The topological polar surface area (TPSA) is 55.4 Å². The predicted molar refractivity (Wildman–Crippen MR) is 22.0 cm³/mol. The Labute approximate surface area is 45.1 Å². The highest BCUT2D eigenvalue weighted by Crippen LogP contribution is 1.99. The molecule has 1 aliphatic heterocycles. The fourth-order valence-corrected chi connectivity index (χ4v) is 0.295. The van der Waals surface area contributed by atoms with Gasteiger partial charge < -0.3 is 4.84 Å². The van der Waals surface area contributed by atoms with Crippen molar-refractivity contribution in [2.75, 3.05) is 0 Å². The first-order valence-corrected chi connectivity index (χ1v) is 1.86. The Morgan fingerprint density at radius 3 is 2.25 bits per heavy atom. The largest absolute Gasteiger partial charge is 0.368 e. The van der Waals surface area contributed by atoms with Gasteiger partial charge in [0, 0.05) is 0 Å². The van der Waals surface area contributed by atoms with E-state index in [9.17, 15) is 9.59 Å². The van der Waals surface area contributed by atoms with E-state index in [1.165, 1.54) is 0 Å². The van der Waals surface area contributed by atoms with Crippen molar-refractivity contribution in [1.82, 2.24) is 5.48 Å². The lowest BCUT2D eigenvalue weighted by Gasteiger charge is -1.81. The zero-order valence-electron chi connectivity index (χ0n) is 3.80. The van der Waals surface area contributed by atoms with Crippen LogP contribution in [0.5, 0.6) is 0 Å². The molecular weight excluding hydrogens is 110 g/mol. The van der Waals surface area contributed by atoms with Gasteiger partial charge in [0.05, 0.1) is 0 Å². The first-order chi connectivity index (χ1) is 3.72. The molecule has 0 bridgehead atoms. The minimum Gasteiger partial charge on any atom is -0.335 e. The number of nitrogens with one attached hydrogen (secondary N) is 1. The summed E-state index contributed by atoms with van der Waals surface area (Å²) < 4.78 is 0. The Morgan fingerprint density at radius 2 is 2.12 bits per heavy atom. The quantitative estimate of drug-likeness (QED) is 0.321. The summed E-state index contributed by atoms with van der Waals surface area (Å²) in [5.41, 5.74) is 1.37. The molecule has 1 radical (unpaired) electrons. The maximum atomic E-state index is 10.2. The number of carbonyl (C=O) groups is 2. The van der Waals surface area contributed by atoms with E-state index in [0.717, 1.165) is 0 Å². The van der Waals surface area contributed by atoms with Crippen molar-refractivity contribution in [1.29, 1.82) is 0 Å². The Morgan fingerprint density at radius 1 is 1.50 bits per heavy atom. The van der Waals surface area contributed by atoms with E-state index in [0.29, 0.717) is 0 Å². The highest BCUT2D eigenvalue weighted by atomic mass is 16.7. The van der Waals surface area contributed by atoms with Crippen LogP contribution >= 0.6 is 0 Å². The SMILES string of the molecule is [CH]=C1C(=O)NOC1=O. The molecule has 8 heavy (non-hydrogen) atoms. The number of hydrogen-bond donors (Lipinski definition) is 1. The highest BCUT2D eigenvalue weighted by molar-refractivity contribution is 6.18. The van der Waals surface area contributed by atoms with Crippen molar-refractivity contribution in [3.8, 4) is 0 Å². The molecule has 0 atom stereocenters. The van der Waals surface area contributed by atoms with Crippen LogP contribution < -0.4 is 5.48 Å². The molecule has 0 aromatic carbocycles. The molecule has 4 nitrogen and oxygen atoms in total. The monoisotopic (exact) mass is 112 g/mol. The maximum absolute atomic E-state index is 10.2. The van der Waals surface area contributed by atoms with Gasteiger partial charge in [-0.05, 0) is 6.58 Å². The number of rotatable bonds is 0. The smallest absolute Gasteiger partial charge is 0.335 e. The third-order valence-corrected chi connectivity index (χ3v) is 0.701. The molecule has 1 aliphatic rings. The second-order valence-corrected chi connectivity index (χ2v) is 1.23. The van der Waals surface area contributed by atoms with Crippen LogP contribution in [-0.2, 0) is 14.4 Å². The standard InChI is InChI=1S/C4H2NO3/c1-2-3(6)5-8-4(2)7/h1H,(H,5,6). The molecule has 0 aromatic rings. The van der Waals surface area contributed by atoms with E-state index in [2.05, 4.69) is 4.84 Å². The lowest BCUT2D eigenvalue weighted by atomic mass is 10.3. The molecule has 1 heterocycles. The van der Waals surface area contributed by atoms with Crippen LogP contribution in [-0.4, -0.2) is 11.9 Å². The van der Waals surface area contributed by atoms with E-state index in [1.54, 1.807) is 5.48 Å². The van der Waals surface area contributed by atoms with Gasteiger partial charge in [0.2, 0.25) is 0 Å². The predicted octanol–water partition coefficient (Wildman–Crippen LogP) is -1.07. The Bertz CT molecular complexity index is 154. The molecule has 1 N–H and O–H groups in total. The number of amides is 1. The fraction of sp³-hybridized carbons (Fsp3) is 0. The van der Waals surface area contributed by atoms with E-state index >= 15 is 0 Å². The van der Waals surface area contributed by atoms with E-state index < -0.39 is 17.4 Å². The van der Waals surface area contributed by atoms with Crippen molar-refractivity contribution >= 4 is 11.9 Å². The van der Waals surface area contributed by atoms with Crippen LogP contribution in [0.2, 0.25) is 0 Å². The summed E-state index contributed by atoms with van der Waals surface area (Å²) in [6.45, 7) is 4.85. The zero-order valence-corrected chi connectivity index (χ0v) is 3.80. The van der Waals surface area contributed by atoms with E-state index in [1.807, 2.05) is 0 Å². The molecule has 0 aliphatic carbocycles. The highest BCUT2D eigenvalue weighted by Gasteiger charge is 2.25. The summed E-state index contributed by atoms with van der Waals surface area (Å²) in [5, 5.41) is 0. The Balaban J connectivity index is 2.86. The van der Waals surface area contributed by atoms with Crippen LogP contribution in [0.1, 0.15) is 0 Å². The molecule has 1 fully saturated rings. The summed E-state index contributed by atoms with van der Waals surface area (Å²) in [7, 11) is 0. The van der Waals surface area contributed by atoms with E-state index in [-0.39, 0.29) is 0 Å². The summed E-state index contributed by atoms with van der Waals surface area (Å²) in [5.74, 6) is -1.48. The van der Waals surface area contributed by atoms with Gasteiger partial charge in [-0.25, -0.2) is 4.79 Å². The molecule has 1 rings (SSSR count). The molecule has 0 unspecified atom stereocenters. The minimum absolute atomic E-state index is 0.398. The summed E-state index contributed by atoms with van der Waals surface area (Å²) in [6.07, 6.45) is 0. The number of hydrogen-bond acceptors (Lipinski definition) is 3. The molecule has 0 saturated carbocycles. The van der Waals surface area contributed by atoms with Gasteiger partial charge in [-0.2, -0.15) is 5.48 Å². The van der Waals surface area contributed by atoms with Gasteiger partial charge in [-0.3, -0.25) is 4.79 Å². The van der Waals surface area contributed by atoms with Crippen molar-refractivity contribution < 1.29 is 14.4 Å². The van der Waals surface area contributed by atoms with Crippen LogP contribution in [0.3, 0.4) is 0 Å². The number of carbonyl (C=O) groups excluding carboxylic acids is 2. The third kappa shape index (κ3) is 0.465.